The number of alkyl halides is 6. The maximum Gasteiger partial charge on any atom is 0.420 e. The lowest BCUT2D eigenvalue weighted by Gasteiger charge is -2.10. The van der Waals surface area contributed by atoms with Gasteiger partial charge in [-0.1, -0.05) is 10.3 Å². The van der Waals surface area contributed by atoms with E-state index >= 15 is 0 Å². The van der Waals surface area contributed by atoms with E-state index in [2.05, 4.69) is 25.6 Å². The van der Waals surface area contributed by atoms with Crippen molar-refractivity contribution < 1.29 is 67.7 Å². The third-order valence-corrected chi connectivity index (χ3v) is 11.6. The number of nitrogens with two attached hydrogens (primary N) is 3. The van der Waals surface area contributed by atoms with E-state index in [9.17, 15) is 44.7 Å². The first-order chi connectivity index (χ1) is 37.5. The van der Waals surface area contributed by atoms with Gasteiger partial charge < -0.3 is 45.5 Å². The summed E-state index contributed by atoms with van der Waals surface area (Å²) in [6.45, 7) is 3.07. The number of amides is 1. The molecule has 10 rings (SSSR count). The van der Waals surface area contributed by atoms with Gasteiger partial charge in [0.2, 0.25) is 5.91 Å². The Morgan fingerprint density at radius 1 is 0.595 bits per heavy atom. The second-order valence-corrected chi connectivity index (χ2v) is 17.2. The summed E-state index contributed by atoms with van der Waals surface area (Å²) in [7, 11) is 0. The molecular weight excluding hydrogens is 1050 g/mol. The zero-order valence-electron chi connectivity index (χ0n) is 41.2. The third kappa shape index (κ3) is 13.4. The lowest BCUT2D eigenvalue weighted by Crippen LogP contribution is -2.19. The Kier molecular flexibility index (Phi) is 16.2. The number of furan rings is 2. The number of nitrogen functional groups attached to an aromatic ring is 2. The van der Waals surface area contributed by atoms with Crippen molar-refractivity contribution in [1.29, 1.82) is 0 Å². The molecule has 10 aromatic rings. The summed E-state index contributed by atoms with van der Waals surface area (Å²) >= 11 is 0. The molecule has 0 unspecified atom stereocenters. The van der Waals surface area contributed by atoms with Crippen LogP contribution < -0.4 is 22.5 Å². The van der Waals surface area contributed by atoms with Gasteiger partial charge in [-0.05, 0) is 157 Å². The highest BCUT2D eigenvalue weighted by Crippen LogP contribution is 2.44. The van der Waals surface area contributed by atoms with Gasteiger partial charge in [-0.3, -0.25) is 4.79 Å². The number of hydrogen-bond acceptors (Lipinski definition) is 13. The molecule has 0 saturated heterocycles. The molecule has 79 heavy (non-hydrogen) atoms. The minimum Gasteiger partial charge on any atom is -0.478 e. The van der Waals surface area contributed by atoms with Crippen LogP contribution in [-0.4, -0.2) is 37.3 Å². The largest absolute Gasteiger partial charge is 0.478 e. The van der Waals surface area contributed by atoms with Gasteiger partial charge in [0.05, 0.1) is 46.7 Å². The Hall–Kier alpha value is -9.90. The first-order valence-corrected chi connectivity index (χ1v) is 23.3. The fourth-order valence-electron chi connectivity index (χ4n) is 7.93. The average Bonchev–Trinajstić information content (AvgIpc) is 4.40. The number of carbonyl (C=O) groups is 2. The second-order valence-electron chi connectivity index (χ2n) is 17.2. The summed E-state index contributed by atoms with van der Waals surface area (Å²) in [6.07, 6.45) is -1.07. The summed E-state index contributed by atoms with van der Waals surface area (Å²) < 4.78 is 131. The molecule has 6 heterocycles. The molecule has 1 amide bonds. The van der Waals surface area contributed by atoms with E-state index in [0.29, 0.717) is 56.4 Å². The molecule has 0 atom stereocenters. The van der Waals surface area contributed by atoms with Crippen molar-refractivity contribution in [3.05, 3.63) is 191 Å². The number of aryl methyl sites for hydroxylation is 2. The maximum atomic E-state index is 14.1. The van der Waals surface area contributed by atoms with E-state index in [1.807, 2.05) is 0 Å². The van der Waals surface area contributed by atoms with Crippen molar-refractivity contribution in [2.45, 2.75) is 39.3 Å². The molecule has 0 radical (unpaired) electrons. The van der Waals surface area contributed by atoms with Gasteiger partial charge in [-0.15, -0.1) is 0 Å². The number of pyridine rings is 2. The third-order valence-electron chi connectivity index (χ3n) is 11.6. The first kappa shape index (κ1) is 55.3. The number of fused-ring (bicyclic) bond motifs is 2. The fourth-order valence-corrected chi connectivity index (χ4v) is 7.93. The lowest BCUT2D eigenvalue weighted by molar-refractivity contribution is -0.137. The molecule has 4 aromatic carbocycles. The van der Waals surface area contributed by atoms with Gasteiger partial charge in [0, 0.05) is 46.4 Å². The Morgan fingerprint density at radius 3 is 1.43 bits per heavy atom. The number of rotatable bonds is 11. The average molecular weight is 1090 g/mol. The first-order valence-electron chi connectivity index (χ1n) is 23.3. The standard InChI is InChI=1S/C28H20F4N4O3.C20H14F4N2O2.C8H8N2O2/c1-15-25(27(39-36-15)17-4-6-20(29)7-5-17)18-10-19-11-21(38-26(19)22(12-18)28(30,31)32)14-35-24(37)9-3-16-2-8-23(33)34-13-16;1-10-17(19(28-26-10)11-2-4-14(21)5-3-11)12-6-13-7-15(9-25)27-18(13)16(8-12)20(22,23)24;9-7-3-1-6(5-10-7)2-4-8(11)12/h2-13H,14H2,1H3,(H2,33,34)(H,35,37);2-8H,9,25H2,1H3;1-5H,(H2,9,10)(H,11,12)/b9-3+;;4-2+. The van der Waals surface area contributed by atoms with E-state index in [1.54, 1.807) is 44.2 Å². The minimum atomic E-state index is -4.73. The Morgan fingerprint density at radius 2 is 1.03 bits per heavy atom. The van der Waals surface area contributed by atoms with Crippen LogP contribution in [0.25, 0.3) is 79.0 Å². The number of aromatic nitrogens is 4. The molecule has 0 saturated carbocycles. The van der Waals surface area contributed by atoms with Crippen molar-refractivity contribution in [2.24, 2.45) is 5.73 Å². The van der Waals surface area contributed by atoms with E-state index in [0.717, 1.165) is 18.2 Å². The van der Waals surface area contributed by atoms with Crippen LogP contribution in [0.4, 0.5) is 46.8 Å². The molecule has 0 aliphatic rings. The van der Waals surface area contributed by atoms with Crippen molar-refractivity contribution in [3.63, 3.8) is 0 Å². The molecule has 404 valence electrons. The highest BCUT2D eigenvalue weighted by atomic mass is 19.4. The van der Waals surface area contributed by atoms with Crippen LogP contribution in [0.3, 0.4) is 0 Å². The SMILES string of the molecule is Cc1noc(-c2ccc(F)cc2)c1-c1cc(C(F)(F)F)c2oc(CN)cc2c1.Cc1noc(-c2ccc(F)cc2)c1-c1cc(C(F)(F)F)c2oc(CNC(=O)/C=C/c3ccc(N)nc3)cc2c1.Nc1ccc(/C=C/C(=O)O)cn1. The van der Waals surface area contributed by atoms with Gasteiger partial charge >= 0.3 is 18.3 Å². The molecule has 0 aliphatic heterocycles. The van der Waals surface area contributed by atoms with Crippen molar-refractivity contribution >= 4 is 57.6 Å². The van der Waals surface area contributed by atoms with Crippen LogP contribution in [0.1, 0.15) is 45.2 Å². The number of anilines is 2. The van der Waals surface area contributed by atoms with Crippen LogP contribution in [0, 0.1) is 25.5 Å². The molecular formula is C56H42F8N8O7. The number of halogens is 8. The number of nitrogens with zero attached hydrogens (tertiary/aromatic N) is 4. The molecule has 0 bridgehead atoms. The van der Waals surface area contributed by atoms with Crippen LogP contribution in [0.15, 0.2) is 152 Å². The molecule has 8 N–H and O–H groups in total. The van der Waals surface area contributed by atoms with Gasteiger partial charge in [-0.2, -0.15) is 26.3 Å². The minimum absolute atomic E-state index is 0.0194. The summed E-state index contributed by atoms with van der Waals surface area (Å²) in [4.78, 5) is 30.1. The number of benzene rings is 4. The number of aliphatic carboxylic acids is 1. The maximum absolute atomic E-state index is 14.1. The van der Waals surface area contributed by atoms with Crippen LogP contribution in [-0.2, 0) is 35.0 Å². The Balaban J connectivity index is 0.000000178. The summed E-state index contributed by atoms with van der Waals surface area (Å²) in [6, 6.07) is 25.3. The molecule has 0 fully saturated rings. The van der Waals surface area contributed by atoms with Gasteiger partial charge in [0.1, 0.15) is 46.0 Å². The zero-order chi connectivity index (χ0) is 56.8. The van der Waals surface area contributed by atoms with Crippen molar-refractivity contribution in [1.82, 2.24) is 25.6 Å². The number of carboxylic acids is 1. The Labute approximate surface area is 441 Å². The lowest BCUT2D eigenvalue weighted by atomic mass is 9.96. The van der Waals surface area contributed by atoms with Crippen LogP contribution >= 0.6 is 0 Å². The number of carboxylic acid groups (broad SMARTS) is 1. The number of nitrogens with one attached hydrogen (secondary N) is 1. The molecule has 0 spiro atoms. The molecule has 6 aromatic heterocycles. The smallest absolute Gasteiger partial charge is 0.420 e. The van der Waals surface area contributed by atoms with E-state index in [-0.39, 0.29) is 69.2 Å². The molecule has 0 aliphatic carbocycles. The summed E-state index contributed by atoms with van der Waals surface area (Å²) in [5, 5.41) is 19.2. The topological polar surface area (TPSA) is 249 Å². The van der Waals surface area contributed by atoms with E-state index in [4.69, 9.17) is 40.2 Å². The predicted molar refractivity (Wildman–Crippen MR) is 276 cm³/mol. The van der Waals surface area contributed by atoms with Crippen LogP contribution in [0.5, 0.6) is 0 Å². The van der Waals surface area contributed by atoms with E-state index in [1.165, 1.54) is 97.4 Å². The number of carbonyl (C=O) groups excluding carboxylic acids is 1. The van der Waals surface area contributed by atoms with E-state index < -0.39 is 47.0 Å². The second kappa shape index (κ2) is 23.1. The quantitative estimate of drug-likeness (QED) is 0.0597. The summed E-state index contributed by atoms with van der Waals surface area (Å²) in [5.74, 6) is -0.756. The van der Waals surface area contributed by atoms with Crippen LogP contribution in [0.2, 0.25) is 0 Å². The zero-order valence-corrected chi connectivity index (χ0v) is 41.2. The van der Waals surface area contributed by atoms with Gasteiger partial charge in [0.15, 0.2) is 11.5 Å². The predicted octanol–water partition coefficient (Wildman–Crippen LogP) is 13.0. The number of hydrogen-bond donors (Lipinski definition) is 5. The highest BCUT2D eigenvalue weighted by Gasteiger charge is 2.37. The normalized spacial score (nSPS) is 11.7. The molecule has 23 heteroatoms. The van der Waals surface area contributed by atoms with Gasteiger partial charge in [-0.25, -0.2) is 23.5 Å². The van der Waals surface area contributed by atoms with Crippen molar-refractivity contribution in [2.75, 3.05) is 11.5 Å². The van der Waals surface area contributed by atoms with Gasteiger partial charge in [0.25, 0.3) is 0 Å². The Bertz CT molecular complexity index is 3860. The summed E-state index contributed by atoms with van der Waals surface area (Å²) in [5.41, 5.74) is 18.1. The monoisotopic (exact) mass is 1090 g/mol. The molecule has 15 nitrogen and oxygen atoms in total. The highest BCUT2D eigenvalue weighted by molar-refractivity contribution is 5.94. The van der Waals surface area contributed by atoms with Crippen molar-refractivity contribution in [3.8, 4) is 44.9 Å². The fraction of sp³-hybridized carbons (Fsp3) is 0.107.